The summed E-state index contributed by atoms with van der Waals surface area (Å²) in [5, 5.41) is 12.0. The second kappa shape index (κ2) is 10.5. The number of carbonyl (C=O) groups excluding carboxylic acids is 2. The number of nitrogens with one attached hydrogen (secondary N) is 1. The quantitative estimate of drug-likeness (QED) is 0.651. The van der Waals surface area contributed by atoms with Gasteiger partial charge >= 0.3 is 12.2 Å². The van der Waals surface area contributed by atoms with Crippen LogP contribution in [0.5, 0.6) is 0 Å². The molecule has 1 aromatic carbocycles. The van der Waals surface area contributed by atoms with Crippen molar-refractivity contribution >= 4 is 17.6 Å². The van der Waals surface area contributed by atoms with E-state index in [0.717, 1.165) is 12.5 Å². The molecule has 2 heterocycles. The lowest BCUT2D eigenvalue weighted by molar-refractivity contribution is -0.137. The van der Waals surface area contributed by atoms with Crippen molar-refractivity contribution in [1.82, 2.24) is 10.2 Å². The molecule has 3 amide bonds. The summed E-state index contributed by atoms with van der Waals surface area (Å²) in [6, 6.07) is 5.13. The number of anilines is 1. The van der Waals surface area contributed by atoms with E-state index in [2.05, 4.69) is 19.2 Å². The van der Waals surface area contributed by atoms with E-state index in [1.165, 1.54) is 12.1 Å². The fourth-order valence-corrected chi connectivity index (χ4v) is 4.99. The average molecular weight is 480 g/mol. The molecular weight excluding hydrogens is 447 g/mol. The molecule has 2 aliphatic rings. The first-order valence-electron chi connectivity index (χ1n) is 11.7. The first-order valence-corrected chi connectivity index (χ1v) is 11.7. The molecule has 34 heavy (non-hydrogen) atoms. The van der Waals surface area contributed by atoms with Crippen LogP contribution in [-0.4, -0.2) is 49.6 Å². The number of nitriles is 1. The molecule has 2 aliphatic heterocycles. The van der Waals surface area contributed by atoms with E-state index in [0.29, 0.717) is 50.6 Å². The number of hydrogen-bond acceptors (Lipinski definition) is 4. The predicted octanol–water partition coefficient (Wildman–Crippen LogP) is 3.58. The van der Waals surface area contributed by atoms with Gasteiger partial charge in [0.15, 0.2) is 0 Å². The molecule has 7 nitrogen and oxygen atoms in total. The van der Waals surface area contributed by atoms with Gasteiger partial charge in [0, 0.05) is 38.4 Å². The molecule has 0 spiro atoms. The van der Waals surface area contributed by atoms with Crippen LogP contribution in [0.25, 0.3) is 0 Å². The smallest absolute Gasteiger partial charge is 0.370 e. The molecule has 0 aliphatic carbocycles. The zero-order valence-electron chi connectivity index (χ0n) is 19.6. The highest BCUT2D eigenvalue weighted by atomic mass is 19.4. The van der Waals surface area contributed by atoms with E-state index in [1.807, 2.05) is 0 Å². The van der Waals surface area contributed by atoms with Crippen LogP contribution in [-0.2, 0) is 11.0 Å². The van der Waals surface area contributed by atoms with Gasteiger partial charge in [0.2, 0.25) is 5.91 Å². The first-order chi connectivity index (χ1) is 16.0. The Labute approximate surface area is 198 Å². The number of benzene rings is 1. The molecule has 2 fully saturated rings. The van der Waals surface area contributed by atoms with Gasteiger partial charge in [-0.25, -0.2) is 4.79 Å². The van der Waals surface area contributed by atoms with Crippen LogP contribution in [0.15, 0.2) is 18.2 Å². The Morgan fingerprint density at radius 1 is 1.24 bits per heavy atom. The van der Waals surface area contributed by atoms with Gasteiger partial charge in [-0.3, -0.25) is 4.79 Å². The van der Waals surface area contributed by atoms with E-state index in [4.69, 9.17) is 11.0 Å². The number of rotatable bonds is 6. The number of nitrogens with zero attached hydrogens (tertiary/aromatic N) is 3. The number of likely N-dealkylation sites (tertiary alicyclic amines) is 1. The minimum Gasteiger partial charge on any atom is -0.370 e. The largest absolute Gasteiger partial charge is 0.417 e. The third-order valence-electron chi connectivity index (χ3n) is 6.95. The topological polar surface area (TPSA) is 102 Å². The minimum absolute atomic E-state index is 0.0872. The highest BCUT2D eigenvalue weighted by molar-refractivity contribution is 5.79. The number of urea groups is 1. The lowest BCUT2D eigenvalue weighted by atomic mass is 9.78. The van der Waals surface area contributed by atoms with Crippen molar-refractivity contribution in [3.8, 4) is 6.07 Å². The van der Waals surface area contributed by atoms with Crippen LogP contribution in [0.4, 0.5) is 23.7 Å². The van der Waals surface area contributed by atoms with Gasteiger partial charge in [0.05, 0.1) is 23.1 Å². The number of nitrogens with two attached hydrogens (primary N) is 1. The van der Waals surface area contributed by atoms with Crippen molar-refractivity contribution < 1.29 is 22.8 Å². The number of hydrogen-bond donors (Lipinski definition) is 2. The summed E-state index contributed by atoms with van der Waals surface area (Å²) in [7, 11) is 0. The summed E-state index contributed by atoms with van der Waals surface area (Å²) in [5.74, 6) is -0.408. The molecule has 0 aromatic heterocycles. The number of carbonyl (C=O) groups is 2. The normalized spacial score (nSPS) is 21.6. The van der Waals surface area contributed by atoms with Crippen molar-refractivity contribution in [3.63, 3.8) is 0 Å². The maximum absolute atomic E-state index is 13.4. The first kappa shape index (κ1) is 25.7. The number of alkyl halides is 3. The molecule has 3 rings (SSSR count). The monoisotopic (exact) mass is 479 g/mol. The van der Waals surface area contributed by atoms with Crippen LogP contribution >= 0.6 is 0 Å². The summed E-state index contributed by atoms with van der Waals surface area (Å²) in [6.07, 6.45) is -2.32. The standard InChI is InChI=1S/C24H32F3N5O2/c1-15(2)5-8-30-23(34)31-9-6-16(7-10-31)19-13-32(14-20(19)22(29)33)18-4-3-17(12-28)21(11-18)24(25,26)27/h3-4,11,15-16,19-20H,5-10,13-14H2,1-2H3,(H2,29,33)(H,30,34). The molecule has 2 unspecified atom stereocenters. The maximum Gasteiger partial charge on any atom is 0.417 e. The number of primary amides is 1. The fourth-order valence-electron chi connectivity index (χ4n) is 4.99. The zero-order chi connectivity index (χ0) is 25.0. The lowest BCUT2D eigenvalue weighted by Crippen LogP contribution is -2.46. The predicted molar refractivity (Wildman–Crippen MR) is 122 cm³/mol. The van der Waals surface area contributed by atoms with E-state index in [-0.39, 0.29) is 24.4 Å². The Kier molecular flexibility index (Phi) is 7.95. The van der Waals surface area contributed by atoms with Crippen molar-refractivity contribution in [1.29, 1.82) is 5.26 Å². The second-order valence-corrected chi connectivity index (χ2v) is 9.66. The molecule has 186 valence electrons. The van der Waals surface area contributed by atoms with Gasteiger partial charge in [0.25, 0.3) is 0 Å². The van der Waals surface area contributed by atoms with Gasteiger partial charge in [-0.15, -0.1) is 0 Å². The zero-order valence-corrected chi connectivity index (χ0v) is 19.6. The van der Waals surface area contributed by atoms with Crippen LogP contribution in [0.1, 0.15) is 44.2 Å². The van der Waals surface area contributed by atoms with Crippen LogP contribution in [0.2, 0.25) is 0 Å². The van der Waals surface area contributed by atoms with Gasteiger partial charge in [-0.05, 0) is 55.2 Å². The Balaban J connectivity index is 1.67. The van der Waals surface area contributed by atoms with E-state index in [1.54, 1.807) is 15.9 Å². The molecule has 1 aromatic rings. The molecule has 0 bridgehead atoms. The summed E-state index contributed by atoms with van der Waals surface area (Å²) in [5.41, 5.74) is 4.58. The molecule has 2 atom stereocenters. The third-order valence-corrected chi connectivity index (χ3v) is 6.95. The van der Waals surface area contributed by atoms with Crippen molar-refractivity contribution in [2.45, 2.75) is 39.3 Å². The Morgan fingerprint density at radius 2 is 1.91 bits per heavy atom. The summed E-state index contributed by atoms with van der Waals surface area (Å²) >= 11 is 0. The number of halogens is 3. The van der Waals surface area contributed by atoms with E-state index >= 15 is 0 Å². The molecule has 10 heteroatoms. The second-order valence-electron chi connectivity index (χ2n) is 9.66. The highest BCUT2D eigenvalue weighted by Crippen LogP contribution is 2.40. The Morgan fingerprint density at radius 3 is 2.47 bits per heavy atom. The van der Waals surface area contributed by atoms with Crippen LogP contribution < -0.4 is 16.0 Å². The van der Waals surface area contributed by atoms with Crippen LogP contribution in [0, 0.1) is 35.0 Å². The summed E-state index contributed by atoms with van der Waals surface area (Å²) in [6.45, 7) is 6.59. The van der Waals surface area contributed by atoms with Crippen LogP contribution in [0.3, 0.4) is 0 Å². The molecular formula is C24H32F3N5O2. The SMILES string of the molecule is CC(C)CCNC(=O)N1CCC(C2CN(c3ccc(C#N)c(C(F)(F)F)c3)CC2C(N)=O)CC1. The average Bonchev–Trinajstić information content (AvgIpc) is 3.24. The highest BCUT2D eigenvalue weighted by Gasteiger charge is 2.43. The molecule has 0 saturated carbocycles. The van der Waals surface area contributed by atoms with E-state index < -0.39 is 29.1 Å². The fraction of sp³-hybridized carbons (Fsp3) is 0.625. The number of amides is 3. The van der Waals surface area contributed by atoms with E-state index in [9.17, 15) is 22.8 Å². The summed E-state index contributed by atoms with van der Waals surface area (Å²) < 4.78 is 40.2. The Bertz CT molecular complexity index is 936. The van der Waals surface area contributed by atoms with Crippen molar-refractivity contribution in [2.75, 3.05) is 37.6 Å². The molecule has 2 saturated heterocycles. The maximum atomic E-state index is 13.4. The summed E-state index contributed by atoms with van der Waals surface area (Å²) in [4.78, 5) is 28.1. The molecule has 0 radical (unpaired) electrons. The van der Waals surface area contributed by atoms with Gasteiger partial charge in [-0.2, -0.15) is 18.4 Å². The minimum atomic E-state index is -4.65. The van der Waals surface area contributed by atoms with Gasteiger partial charge < -0.3 is 20.9 Å². The Hall–Kier alpha value is -2.96. The number of piperidine rings is 1. The van der Waals surface area contributed by atoms with Gasteiger partial charge in [0.1, 0.15) is 0 Å². The van der Waals surface area contributed by atoms with Crippen molar-refractivity contribution in [2.24, 2.45) is 29.4 Å². The van der Waals surface area contributed by atoms with Gasteiger partial charge in [-0.1, -0.05) is 13.8 Å². The molecule has 3 N–H and O–H groups in total. The third kappa shape index (κ3) is 5.93. The lowest BCUT2D eigenvalue weighted by Gasteiger charge is -2.36. The van der Waals surface area contributed by atoms with Crippen molar-refractivity contribution in [3.05, 3.63) is 29.3 Å².